The number of aldehydes is 1. The molecule has 0 saturated carbocycles. The highest BCUT2D eigenvalue weighted by Gasteiger charge is 2.12. The Hall–Kier alpha value is -0.780. The van der Waals surface area contributed by atoms with E-state index in [9.17, 15) is 4.79 Å². The molecule has 0 spiro atoms. The normalized spacial score (nSPS) is 10.1. The second-order valence-corrected chi connectivity index (χ2v) is 4.82. The number of halogens is 1. The van der Waals surface area contributed by atoms with Gasteiger partial charge >= 0.3 is 0 Å². The minimum atomic E-state index is 0.552. The lowest BCUT2D eigenvalue weighted by Crippen LogP contribution is -2.04. The number of rotatable bonds is 7. The van der Waals surface area contributed by atoms with Gasteiger partial charge in [-0.05, 0) is 48.1 Å². The molecule has 3 nitrogen and oxygen atoms in total. The topological polar surface area (TPSA) is 35.5 Å². The van der Waals surface area contributed by atoms with Gasteiger partial charge in [0.25, 0.3) is 0 Å². The standard InChI is InChI=1S/C13H17IO3/c1-3-5-6-17-13-10(9-15)7-11(14)8-12(13)16-4-2/h7-9H,3-6H2,1-2H3. The number of unbranched alkanes of at least 4 members (excludes halogenated alkanes) is 1. The van der Waals surface area contributed by atoms with Gasteiger partial charge in [0.1, 0.15) is 0 Å². The van der Waals surface area contributed by atoms with Crippen LogP contribution in [0.3, 0.4) is 0 Å². The van der Waals surface area contributed by atoms with E-state index in [4.69, 9.17) is 9.47 Å². The minimum absolute atomic E-state index is 0.552. The van der Waals surface area contributed by atoms with Gasteiger partial charge in [0.2, 0.25) is 0 Å². The number of benzene rings is 1. The van der Waals surface area contributed by atoms with Crippen LogP contribution in [0.25, 0.3) is 0 Å². The van der Waals surface area contributed by atoms with Crippen molar-refractivity contribution >= 4 is 28.9 Å². The molecule has 0 fully saturated rings. The number of ether oxygens (including phenoxy) is 2. The van der Waals surface area contributed by atoms with E-state index >= 15 is 0 Å². The molecule has 0 aromatic heterocycles. The highest BCUT2D eigenvalue weighted by Crippen LogP contribution is 2.33. The van der Waals surface area contributed by atoms with Crippen LogP contribution in [-0.2, 0) is 0 Å². The maximum Gasteiger partial charge on any atom is 0.171 e. The van der Waals surface area contributed by atoms with Gasteiger partial charge in [-0.25, -0.2) is 0 Å². The zero-order chi connectivity index (χ0) is 12.7. The summed E-state index contributed by atoms with van der Waals surface area (Å²) in [6.07, 6.45) is 2.84. The predicted molar refractivity (Wildman–Crippen MR) is 76.1 cm³/mol. The lowest BCUT2D eigenvalue weighted by molar-refractivity contribution is 0.111. The molecule has 0 heterocycles. The monoisotopic (exact) mass is 348 g/mol. The van der Waals surface area contributed by atoms with Crippen LogP contribution in [0.2, 0.25) is 0 Å². The first-order valence-corrected chi connectivity index (χ1v) is 6.85. The Bertz CT molecular complexity index is 377. The van der Waals surface area contributed by atoms with Gasteiger partial charge in [-0.15, -0.1) is 0 Å². The summed E-state index contributed by atoms with van der Waals surface area (Å²) in [5, 5.41) is 0. The van der Waals surface area contributed by atoms with Gasteiger partial charge in [0.15, 0.2) is 17.8 Å². The van der Waals surface area contributed by atoms with Crippen LogP contribution >= 0.6 is 22.6 Å². The average molecular weight is 348 g/mol. The molecule has 0 bridgehead atoms. The van der Waals surface area contributed by atoms with E-state index in [1.807, 2.05) is 13.0 Å². The summed E-state index contributed by atoms with van der Waals surface area (Å²) in [6, 6.07) is 3.69. The summed E-state index contributed by atoms with van der Waals surface area (Å²) in [4.78, 5) is 11.0. The van der Waals surface area contributed by atoms with Crippen LogP contribution in [0.5, 0.6) is 11.5 Å². The second kappa shape index (κ2) is 7.53. The fraction of sp³-hybridized carbons (Fsp3) is 0.462. The molecule has 0 atom stereocenters. The molecule has 1 rings (SSSR count). The van der Waals surface area contributed by atoms with Crippen molar-refractivity contribution in [3.63, 3.8) is 0 Å². The summed E-state index contributed by atoms with van der Waals surface area (Å²) in [5.74, 6) is 1.22. The Morgan fingerprint density at radius 3 is 2.65 bits per heavy atom. The van der Waals surface area contributed by atoms with Crippen LogP contribution in [0.4, 0.5) is 0 Å². The van der Waals surface area contributed by atoms with Gasteiger partial charge in [0, 0.05) is 3.57 Å². The zero-order valence-electron chi connectivity index (χ0n) is 10.2. The summed E-state index contributed by atoms with van der Waals surface area (Å²) in [5.41, 5.74) is 0.552. The van der Waals surface area contributed by atoms with Crippen LogP contribution in [0, 0.1) is 3.57 Å². The molecular formula is C13H17IO3. The first-order chi connectivity index (χ1) is 8.22. The van der Waals surface area contributed by atoms with E-state index in [1.54, 1.807) is 6.07 Å². The van der Waals surface area contributed by atoms with Crippen LogP contribution in [-0.4, -0.2) is 19.5 Å². The Labute approximate surface area is 116 Å². The van der Waals surface area contributed by atoms with Gasteiger partial charge in [0.05, 0.1) is 18.8 Å². The first-order valence-electron chi connectivity index (χ1n) is 5.77. The van der Waals surface area contributed by atoms with Crippen LogP contribution in [0.15, 0.2) is 12.1 Å². The fourth-order valence-electron chi connectivity index (χ4n) is 1.41. The molecule has 0 unspecified atom stereocenters. The third kappa shape index (κ3) is 4.18. The van der Waals surface area contributed by atoms with Crippen molar-refractivity contribution in [1.29, 1.82) is 0 Å². The third-order valence-corrected chi connectivity index (χ3v) is 2.84. The molecular weight excluding hydrogens is 331 g/mol. The maximum absolute atomic E-state index is 11.0. The van der Waals surface area contributed by atoms with E-state index < -0.39 is 0 Å². The van der Waals surface area contributed by atoms with Gasteiger partial charge in [-0.3, -0.25) is 4.79 Å². The summed E-state index contributed by atoms with van der Waals surface area (Å²) in [7, 11) is 0. The quantitative estimate of drug-likeness (QED) is 0.428. The van der Waals surface area contributed by atoms with Crippen molar-refractivity contribution in [1.82, 2.24) is 0 Å². The van der Waals surface area contributed by atoms with E-state index in [0.29, 0.717) is 30.3 Å². The number of hydrogen-bond donors (Lipinski definition) is 0. The minimum Gasteiger partial charge on any atom is -0.490 e. The molecule has 0 amide bonds. The summed E-state index contributed by atoms with van der Waals surface area (Å²) >= 11 is 2.16. The number of carbonyl (C=O) groups excluding carboxylic acids is 1. The van der Waals surface area contributed by atoms with Crippen molar-refractivity contribution < 1.29 is 14.3 Å². The molecule has 94 valence electrons. The number of hydrogen-bond acceptors (Lipinski definition) is 3. The molecule has 0 aliphatic rings. The van der Waals surface area contributed by atoms with Crippen molar-refractivity contribution in [2.75, 3.05) is 13.2 Å². The van der Waals surface area contributed by atoms with Gasteiger partial charge in [-0.1, -0.05) is 13.3 Å². The van der Waals surface area contributed by atoms with Gasteiger partial charge in [-0.2, -0.15) is 0 Å². The lowest BCUT2D eigenvalue weighted by Gasteiger charge is -2.14. The molecule has 0 N–H and O–H groups in total. The SMILES string of the molecule is CCCCOc1c(C=O)cc(I)cc1OCC. The van der Waals surface area contributed by atoms with E-state index in [1.165, 1.54) is 0 Å². The van der Waals surface area contributed by atoms with Crippen molar-refractivity contribution in [3.8, 4) is 11.5 Å². The van der Waals surface area contributed by atoms with Crippen LogP contribution in [0.1, 0.15) is 37.0 Å². The molecule has 1 aromatic carbocycles. The molecule has 0 aliphatic heterocycles. The third-order valence-electron chi connectivity index (χ3n) is 2.22. The molecule has 0 radical (unpaired) electrons. The Morgan fingerprint density at radius 2 is 2.06 bits per heavy atom. The fourth-order valence-corrected chi connectivity index (χ4v) is 2.03. The first kappa shape index (κ1) is 14.3. The molecule has 1 aromatic rings. The molecule has 4 heteroatoms. The average Bonchev–Trinajstić information content (AvgIpc) is 2.31. The van der Waals surface area contributed by atoms with E-state index in [2.05, 4.69) is 29.5 Å². The lowest BCUT2D eigenvalue weighted by atomic mass is 10.2. The largest absolute Gasteiger partial charge is 0.490 e. The van der Waals surface area contributed by atoms with Crippen molar-refractivity contribution in [3.05, 3.63) is 21.3 Å². The number of carbonyl (C=O) groups is 1. The van der Waals surface area contributed by atoms with Gasteiger partial charge < -0.3 is 9.47 Å². The van der Waals surface area contributed by atoms with Crippen molar-refractivity contribution in [2.45, 2.75) is 26.7 Å². The van der Waals surface area contributed by atoms with E-state index in [0.717, 1.165) is 22.7 Å². The Balaban J connectivity index is 2.98. The highest BCUT2D eigenvalue weighted by molar-refractivity contribution is 14.1. The second-order valence-electron chi connectivity index (χ2n) is 3.58. The zero-order valence-corrected chi connectivity index (χ0v) is 12.3. The molecule has 0 aliphatic carbocycles. The van der Waals surface area contributed by atoms with Crippen LogP contribution < -0.4 is 9.47 Å². The summed E-state index contributed by atoms with van der Waals surface area (Å²) in [6.45, 7) is 5.18. The Kier molecular flexibility index (Phi) is 6.32. The maximum atomic E-state index is 11.0. The predicted octanol–water partition coefficient (Wildman–Crippen LogP) is 3.68. The smallest absolute Gasteiger partial charge is 0.171 e. The van der Waals surface area contributed by atoms with E-state index in [-0.39, 0.29) is 0 Å². The Morgan fingerprint density at radius 1 is 1.29 bits per heavy atom. The highest BCUT2D eigenvalue weighted by atomic mass is 127. The van der Waals surface area contributed by atoms with Crippen molar-refractivity contribution in [2.24, 2.45) is 0 Å². The summed E-state index contributed by atoms with van der Waals surface area (Å²) < 4.78 is 12.1. The molecule has 0 saturated heterocycles. The molecule has 17 heavy (non-hydrogen) atoms.